The molecule has 1 heterocycles. The maximum atomic E-state index is 12.4. The Labute approximate surface area is 144 Å². The minimum Gasteiger partial charge on any atom is -0.462 e. The molecular formula is C17H19N3O3S. The number of hydrogen-bond donors (Lipinski definition) is 1. The number of aromatic nitrogens is 2. The smallest absolute Gasteiger partial charge is 0.343 e. The highest BCUT2D eigenvalue weighted by atomic mass is 32.2. The molecule has 0 bridgehead atoms. The molecule has 1 unspecified atom stereocenters. The predicted molar refractivity (Wildman–Crippen MR) is 93.2 cm³/mol. The number of rotatable bonds is 6. The summed E-state index contributed by atoms with van der Waals surface area (Å²) in [4.78, 5) is 32.3. The number of nitrogens with two attached hydrogens (primary N) is 1. The summed E-state index contributed by atoms with van der Waals surface area (Å²) >= 11 is 1.19. The second-order valence-corrected chi connectivity index (χ2v) is 6.47. The van der Waals surface area contributed by atoms with Crippen LogP contribution in [-0.4, -0.2) is 33.6 Å². The van der Waals surface area contributed by atoms with E-state index in [1.165, 1.54) is 18.0 Å². The van der Waals surface area contributed by atoms with Crippen LogP contribution in [0.2, 0.25) is 0 Å². The van der Waals surface area contributed by atoms with Crippen LogP contribution in [0.4, 0.5) is 5.82 Å². The lowest BCUT2D eigenvalue weighted by Crippen LogP contribution is -2.15. The average Bonchev–Trinajstić information content (AvgIpc) is 2.55. The van der Waals surface area contributed by atoms with E-state index in [9.17, 15) is 9.59 Å². The fourth-order valence-electron chi connectivity index (χ4n) is 1.97. The van der Waals surface area contributed by atoms with E-state index in [0.717, 1.165) is 5.56 Å². The summed E-state index contributed by atoms with van der Waals surface area (Å²) in [7, 11) is 0. The first-order chi connectivity index (χ1) is 11.4. The molecule has 0 saturated carbocycles. The Hall–Kier alpha value is -2.41. The number of anilines is 1. The van der Waals surface area contributed by atoms with Gasteiger partial charge in [0.2, 0.25) is 0 Å². The third-order valence-corrected chi connectivity index (χ3v) is 4.25. The first kappa shape index (κ1) is 17.9. The average molecular weight is 345 g/mol. The van der Waals surface area contributed by atoms with Crippen molar-refractivity contribution in [1.82, 2.24) is 9.97 Å². The van der Waals surface area contributed by atoms with Crippen molar-refractivity contribution in [2.24, 2.45) is 0 Å². The number of carbonyl (C=O) groups excluding carboxylic acids is 2. The summed E-state index contributed by atoms with van der Waals surface area (Å²) in [5.74, 6) is -0.534. The molecule has 0 fully saturated rings. The third-order valence-electron chi connectivity index (χ3n) is 3.28. The van der Waals surface area contributed by atoms with Crippen LogP contribution in [0.3, 0.4) is 0 Å². The molecule has 0 aliphatic rings. The molecule has 0 saturated heterocycles. The molecule has 7 heteroatoms. The standard InChI is InChI=1S/C17H19N3O3S/c1-4-23-16(22)13-9-19-17(20-15(13)18)24-11(3)14(21)12-7-5-10(2)6-8-12/h5-9,11H,4H2,1-3H3,(H2,18,19,20). The SMILES string of the molecule is CCOC(=O)c1cnc(SC(C)C(=O)c2ccc(C)cc2)nc1N. The number of ether oxygens (including phenoxy) is 1. The fraction of sp³-hybridized carbons (Fsp3) is 0.294. The van der Waals surface area contributed by atoms with E-state index in [0.29, 0.717) is 10.7 Å². The molecule has 2 N–H and O–H groups in total. The van der Waals surface area contributed by atoms with Crippen molar-refractivity contribution in [3.8, 4) is 0 Å². The van der Waals surface area contributed by atoms with Gasteiger partial charge < -0.3 is 10.5 Å². The molecule has 0 amide bonds. The van der Waals surface area contributed by atoms with E-state index in [2.05, 4.69) is 9.97 Å². The molecule has 1 aromatic heterocycles. The second kappa shape index (κ2) is 7.92. The summed E-state index contributed by atoms with van der Waals surface area (Å²) < 4.78 is 4.88. The summed E-state index contributed by atoms with van der Waals surface area (Å²) in [6.45, 7) is 5.70. The Morgan fingerprint density at radius 3 is 2.54 bits per heavy atom. The number of benzene rings is 1. The van der Waals surface area contributed by atoms with E-state index in [1.807, 2.05) is 19.1 Å². The van der Waals surface area contributed by atoms with Crippen molar-refractivity contribution < 1.29 is 14.3 Å². The van der Waals surface area contributed by atoms with E-state index in [1.54, 1.807) is 26.0 Å². The summed E-state index contributed by atoms with van der Waals surface area (Å²) in [6.07, 6.45) is 1.33. The van der Waals surface area contributed by atoms with Gasteiger partial charge in [-0.15, -0.1) is 0 Å². The molecule has 2 rings (SSSR count). The first-order valence-electron chi connectivity index (χ1n) is 7.49. The number of hydrogen-bond acceptors (Lipinski definition) is 7. The number of esters is 1. The third kappa shape index (κ3) is 4.32. The van der Waals surface area contributed by atoms with Gasteiger partial charge in [-0.25, -0.2) is 14.8 Å². The highest BCUT2D eigenvalue weighted by molar-refractivity contribution is 8.00. The van der Waals surface area contributed by atoms with Crippen molar-refractivity contribution in [2.45, 2.75) is 31.2 Å². The van der Waals surface area contributed by atoms with Crippen LogP contribution in [0.1, 0.15) is 40.1 Å². The number of nitrogen functional groups attached to an aromatic ring is 1. The summed E-state index contributed by atoms with van der Waals surface area (Å²) in [5.41, 5.74) is 7.64. The Morgan fingerprint density at radius 2 is 1.96 bits per heavy atom. The second-order valence-electron chi connectivity index (χ2n) is 5.16. The lowest BCUT2D eigenvalue weighted by molar-refractivity contribution is 0.0526. The minimum absolute atomic E-state index is 0.0170. The van der Waals surface area contributed by atoms with Crippen LogP contribution in [0.15, 0.2) is 35.6 Å². The molecule has 1 atom stereocenters. The zero-order chi connectivity index (χ0) is 17.7. The summed E-state index contributed by atoms with van der Waals surface area (Å²) in [5, 5.41) is -0.0333. The monoisotopic (exact) mass is 345 g/mol. The number of nitrogens with zero attached hydrogens (tertiary/aromatic N) is 2. The number of ketones is 1. The van der Waals surface area contributed by atoms with Crippen LogP contribution in [0.25, 0.3) is 0 Å². The predicted octanol–water partition coefficient (Wildman–Crippen LogP) is 2.91. The van der Waals surface area contributed by atoms with Gasteiger partial charge in [-0.1, -0.05) is 41.6 Å². The van der Waals surface area contributed by atoms with Crippen molar-refractivity contribution in [3.63, 3.8) is 0 Å². The van der Waals surface area contributed by atoms with Gasteiger partial charge in [-0.05, 0) is 20.8 Å². The molecule has 2 aromatic rings. The largest absolute Gasteiger partial charge is 0.462 e. The molecule has 0 spiro atoms. The number of Topliss-reactive ketones (excluding diaryl/α,β-unsaturated/α-hetero) is 1. The zero-order valence-corrected chi connectivity index (χ0v) is 14.6. The molecule has 126 valence electrons. The van der Waals surface area contributed by atoms with Gasteiger partial charge in [-0.2, -0.15) is 0 Å². The van der Waals surface area contributed by atoms with Crippen LogP contribution in [0, 0.1) is 6.92 Å². The van der Waals surface area contributed by atoms with Gasteiger partial charge in [0.25, 0.3) is 0 Å². The van der Waals surface area contributed by atoms with Crippen molar-refractivity contribution in [2.75, 3.05) is 12.3 Å². The topological polar surface area (TPSA) is 95.2 Å². The molecule has 24 heavy (non-hydrogen) atoms. The van der Waals surface area contributed by atoms with Crippen LogP contribution < -0.4 is 5.73 Å². The van der Waals surface area contributed by atoms with Gasteiger partial charge in [0.1, 0.15) is 11.4 Å². The van der Waals surface area contributed by atoms with Crippen molar-refractivity contribution in [1.29, 1.82) is 0 Å². The highest BCUT2D eigenvalue weighted by Crippen LogP contribution is 2.24. The van der Waals surface area contributed by atoms with Crippen LogP contribution >= 0.6 is 11.8 Å². The van der Waals surface area contributed by atoms with Gasteiger partial charge in [0, 0.05) is 11.8 Å². The number of carbonyl (C=O) groups is 2. The minimum atomic E-state index is -0.560. The maximum absolute atomic E-state index is 12.4. The van der Waals surface area contributed by atoms with E-state index >= 15 is 0 Å². The Balaban J connectivity index is 2.10. The van der Waals surface area contributed by atoms with E-state index in [-0.39, 0.29) is 29.0 Å². The molecule has 1 aromatic carbocycles. The molecule has 0 radical (unpaired) electrons. The lowest BCUT2D eigenvalue weighted by Gasteiger charge is -2.10. The number of aryl methyl sites for hydroxylation is 1. The Kier molecular flexibility index (Phi) is 5.92. The van der Waals surface area contributed by atoms with Gasteiger partial charge in [0.15, 0.2) is 10.9 Å². The fourth-order valence-corrected chi connectivity index (χ4v) is 2.79. The molecular weight excluding hydrogens is 326 g/mol. The highest BCUT2D eigenvalue weighted by Gasteiger charge is 2.19. The van der Waals surface area contributed by atoms with Crippen molar-refractivity contribution in [3.05, 3.63) is 47.2 Å². The molecule has 6 nitrogen and oxygen atoms in total. The van der Waals surface area contributed by atoms with Crippen LogP contribution in [0.5, 0.6) is 0 Å². The van der Waals surface area contributed by atoms with Gasteiger partial charge >= 0.3 is 5.97 Å². The Bertz CT molecular complexity index is 747. The van der Waals surface area contributed by atoms with Gasteiger partial charge in [0.05, 0.1) is 11.9 Å². The summed E-state index contributed by atoms with van der Waals surface area (Å²) in [6, 6.07) is 7.39. The normalized spacial score (nSPS) is 11.8. The molecule has 0 aliphatic heterocycles. The van der Waals surface area contributed by atoms with E-state index < -0.39 is 5.97 Å². The van der Waals surface area contributed by atoms with Crippen LogP contribution in [-0.2, 0) is 4.74 Å². The van der Waals surface area contributed by atoms with E-state index in [4.69, 9.17) is 10.5 Å². The number of thioether (sulfide) groups is 1. The van der Waals surface area contributed by atoms with Gasteiger partial charge in [-0.3, -0.25) is 4.79 Å². The maximum Gasteiger partial charge on any atom is 0.343 e. The van der Waals surface area contributed by atoms with Crippen molar-refractivity contribution >= 4 is 29.3 Å². The molecule has 0 aliphatic carbocycles. The quantitative estimate of drug-likeness (QED) is 0.372. The first-order valence-corrected chi connectivity index (χ1v) is 8.37. The zero-order valence-electron chi connectivity index (χ0n) is 13.8. The lowest BCUT2D eigenvalue weighted by atomic mass is 10.1. The Morgan fingerprint density at radius 1 is 1.29 bits per heavy atom.